The lowest BCUT2D eigenvalue weighted by Crippen LogP contribution is -2.68. The molecule has 0 spiro atoms. The van der Waals surface area contributed by atoms with Crippen LogP contribution in [0.15, 0.2) is 18.5 Å². The molecule has 0 radical (unpaired) electrons. The molecule has 7 heavy (non-hydrogen) atoms. The number of rotatable bonds is 1. The summed E-state index contributed by atoms with van der Waals surface area (Å²) in [4.78, 5) is 1.18. The minimum Gasteiger partial charge on any atom is -0.268 e. The van der Waals surface area contributed by atoms with Crippen LogP contribution in [0, 0.1) is 0 Å². The van der Waals surface area contributed by atoms with Gasteiger partial charge in [-0.25, -0.2) is 5.22 Å². The summed E-state index contributed by atoms with van der Waals surface area (Å²) in [5.41, 5.74) is 8.08. The molecule has 1 aromatic rings. The zero-order valence-electron chi connectivity index (χ0n) is 3.57. The van der Waals surface area contributed by atoms with Crippen molar-refractivity contribution in [2.75, 3.05) is 0 Å². The molecule has 1 aromatic heterocycles. The largest absolute Gasteiger partial charge is 0.268 e. The van der Waals surface area contributed by atoms with Gasteiger partial charge in [0.15, 0.2) is 0 Å². The number of nitrogens with zero attached hydrogens (tertiary/aromatic N) is 3. The summed E-state index contributed by atoms with van der Waals surface area (Å²) in [6.07, 6.45) is 3.14. The lowest BCUT2D eigenvalue weighted by molar-refractivity contribution is -0.557. The zero-order valence-corrected chi connectivity index (χ0v) is 3.57. The Hall–Kier alpha value is -1.19. The maximum Gasteiger partial charge on any atom is 0.143 e. The van der Waals surface area contributed by atoms with Crippen LogP contribution in [0.2, 0.25) is 0 Å². The Morgan fingerprint density at radius 1 is 1.71 bits per heavy atom. The van der Waals surface area contributed by atoms with Crippen molar-refractivity contribution < 1.29 is 5.22 Å². The van der Waals surface area contributed by atoms with E-state index in [1.807, 2.05) is 5.22 Å². The summed E-state index contributed by atoms with van der Waals surface area (Å²) in [6, 6.07) is 1.70. The second-order valence-corrected chi connectivity index (χ2v) is 1.05. The maximum absolute atomic E-state index is 8.08. The van der Waals surface area contributed by atoms with Crippen LogP contribution in [0.5, 0.6) is 0 Å². The molecular weight excluding hydrogens is 92.1 g/mol. The van der Waals surface area contributed by atoms with E-state index >= 15 is 0 Å². The van der Waals surface area contributed by atoms with Crippen LogP contribution in [-0.4, -0.2) is 9.89 Å². The van der Waals surface area contributed by atoms with Crippen LogP contribution >= 0.6 is 0 Å². The summed E-state index contributed by atoms with van der Waals surface area (Å²) in [6.45, 7) is 0. The van der Waals surface area contributed by atoms with Gasteiger partial charge < -0.3 is 0 Å². The first-order valence-corrected chi connectivity index (χ1v) is 1.83. The van der Waals surface area contributed by atoms with Gasteiger partial charge in [0.2, 0.25) is 0 Å². The van der Waals surface area contributed by atoms with Crippen molar-refractivity contribution in [2.45, 2.75) is 0 Å². The monoisotopic (exact) mass is 96.0 g/mol. The number of hydrogen-bond acceptors (Lipinski definition) is 1. The van der Waals surface area contributed by atoms with Crippen LogP contribution in [0.25, 0.3) is 5.53 Å². The second-order valence-electron chi connectivity index (χ2n) is 1.05. The standard InChI is InChI=1S/C3H4N4/c4-6-7-3-1-2-5-7/h1-3,6H. The highest BCUT2D eigenvalue weighted by Crippen LogP contribution is 1.68. The lowest BCUT2D eigenvalue weighted by Gasteiger charge is -1.81. The van der Waals surface area contributed by atoms with E-state index in [-0.39, 0.29) is 0 Å². The van der Waals surface area contributed by atoms with Gasteiger partial charge in [0.25, 0.3) is 0 Å². The molecule has 36 valence electrons. The quantitative estimate of drug-likeness (QED) is 0.436. The van der Waals surface area contributed by atoms with Crippen molar-refractivity contribution in [1.29, 1.82) is 0 Å². The van der Waals surface area contributed by atoms with Gasteiger partial charge in [0.05, 0.1) is 0 Å². The summed E-state index contributed by atoms with van der Waals surface area (Å²) in [7, 11) is 0. The summed E-state index contributed by atoms with van der Waals surface area (Å²) in [5.74, 6) is 0. The third-order valence-electron chi connectivity index (χ3n) is 0.607. The van der Waals surface area contributed by atoms with E-state index in [9.17, 15) is 0 Å². The number of hydrogen-bond donors (Lipinski definition) is 1. The molecule has 4 heteroatoms. The molecule has 1 heterocycles. The van der Waals surface area contributed by atoms with Gasteiger partial charge in [-0.3, -0.25) is 5.53 Å². The first-order valence-electron chi connectivity index (χ1n) is 1.83. The molecule has 0 saturated heterocycles. The van der Waals surface area contributed by atoms with E-state index in [1.165, 1.54) is 4.79 Å². The molecule has 4 nitrogen and oxygen atoms in total. The van der Waals surface area contributed by atoms with E-state index in [4.69, 9.17) is 5.53 Å². The van der Waals surface area contributed by atoms with Gasteiger partial charge >= 0.3 is 0 Å². The van der Waals surface area contributed by atoms with Crippen molar-refractivity contribution in [2.24, 2.45) is 0 Å². The van der Waals surface area contributed by atoms with Gasteiger partial charge in [-0.15, -0.1) is 4.79 Å². The minimum atomic E-state index is 1.18. The molecule has 0 atom stereocenters. The maximum atomic E-state index is 8.08. The Labute approximate surface area is 40.2 Å². The average Bonchev–Trinajstić information content (AvgIpc) is 2.14. The van der Waals surface area contributed by atoms with Gasteiger partial charge in [-0.1, -0.05) is 0 Å². The predicted octanol–water partition coefficient (Wildman–Crippen LogP) is -1.25. The average molecular weight is 96.1 g/mol. The molecule has 0 bridgehead atoms. The SMILES string of the molecule is [N-]=[NH+]n1cccn1. The molecule has 0 unspecified atom stereocenters. The number of aromatic nitrogens is 2. The fourth-order valence-electron chi connectivity index (χ4n) is 0.328. The summed E-state index contributed by atoms with van der Waals surface area (Å²) < 4.78 is 0. The molecule has 0 aromatic carbocycles. The van der Waals surface area contributed by atoms with Crippen LogP contribution < -0.4 is 5.22 Å². The van der Waals surface area contributed by atoms with E-state index in [2.05, 4.69) is 5.10 Å². The molecule has 0 aliphatic rings. The Balaban J connectivity index is 2.96. The molecule has 0 aliphatic carbocycles. The summed E-state index contributed by atoms with van der Waals surface area (Å²) in [5, 5.41) is 5.40. The van der Waals surface area contributed by atoms with Crippen LogP contribution in [0.4, 0.5) is 0 Å². The molecule has 0 aliphatic heterocycles. The van der Waals surface area contributed by atoms with E-state index in [0.29, 0.717) is 0 Å². The van der Waals surface area contributed by atoms with Gasteiger partial charge in [-0.05, 0) is 11.2 Å². The first-order chi connectivity index (χ1) is 3.43. The second kappa shape index (κ2) is 1.51. The smallest absolute Gasteiger partial charge is 0.143 e. The topological polar surface area (TPSA) is 54.1 Å². The third kappa shape index (κ3) is 0.623. The Morgan fingerprint density at radius 2 is 2.57 bits per heavy atom. The first kappa shape index (κ1) is 3.98. The lowest BCUT2D eigenvalue weighted by atomic mass is 10.8. The van der Waals surface area contributed by atoms with Gasteiger partial charge in [0, 0.05) is 6.20 Å². The highest BCUT2D eigenvalue weighted by molar-refractivity contribution is 4.73. The van der Waals surface area contributed by atoms with Gasteiger partial charge in [-0.2, -0.15) is 0 Å². The summed E-state index contributed by atoms with van der Waals surface area (Å²) >= 11 is 0. The normalized spacial score (nSPS) is 8.57. The van der Waals surface area contributed by atoms with Gasteiger partial charge in [0.1, 0.15) is 6.20 Å². The molecule has 0 amide bonds. The fourth-order valence-corrected chi connectivity index (χ4v) is 0.328. The highest BCUT2D eigenvalue weighted by Gasteiger charge is 1.76. The third-order valence-corrected chi connectivity index (χ3v) is 0.607. The van der Waals surface area contributed by atoms with Crippen LogP contribution in [-0.2, 0) is 0 Å². The van der Waals surface area contributed by atoms with Crippen LogP contribution in [0.1, 0.15) is 0 Å². The fraction of sp³-hybridized carbons (Fsp3) is 0. The Kier molecular flexibility index (Phi) is 0.856. The molecule has 0 fully saturated rings. The number of nitrogens with one attached hydrogen (secondary N) is 1. The molecular formula is C3H4N4. The molecule has 1 N–H and O–H groups in total. The van der Waals surface area contributed by atoms with E-state index in [0.717, 1.165) is 0 Å². The van der Waals surface area contributed by atoms with Crippen molar-refractivity contribution >= 4 is 0 Å². The predicted molar refractivity (Wildman–Crippen MR) is 21.9 cm³/mol. The Bertz CT molecular complexity index is 142. The van der Waals surface area contributed by atoms with E-state index < -0.39 is 0 Å². The van der Waals surface area contributed by atoms with Crippen LogP contribution in [0.3, 0.4) is 0 Å². The highest BCUT2D eigenvalue weighted by atomic mass is 15.5. The Morgan fingerprint density at radius 3 is 2.86 bits per heavy atom. The molecule has 0 saturated carbocycles. The van der Waals surface area contributed by atoms with Crippen molar-refractivity contribution in [3.8, 4) is 0 Å². The van der Waals surface area contributed by atoms with Crippen molar-refractivity contribution in [3.63, 3.8) is 0 Å². The van der Waals surface area contributed by atoms with Crippen molar-refractivity contribution in [1.82, 2.24) is 9.89 Å². The van der Waals surface area contributed by atoms with Crippen molar-refractivity contribution in [3.05, 3.63) is 24.0 Å². The zero-order chi connectivity index (χ0) is 5.11. The minimum absolute atomic E-state index is 1.18. The molecule has 1 rings (SSSR count). The van der Waals surface area contributed by atoms with E-state index in [1.54, 1.807) is 18.5 Å².